The third-order valence-corrected chi connectivity index (χ3v) is 2.60. The number of carbonyl (C=O) groups is 1. The van der Waals surface area contributed by atoms with Crippen LogP contribution in [0.25, 0.3) is 0 Å². The van der Waals surface area contributed by atoms with Gasteiger partial charge in [-0.2, -0.15) is 4.98 Å². The highest BCUT2D eigenvalue weighted by Crippen LogP contribution is 2.10. The first-order valence-corrected chi connectivity index (χ1v) is 5.85. The summed E-state index contributed by atoms with van der Waals surface area (Å²) >= 11 is 1.41. The summed E-state index contributed by atoms with van der Waals surface area (Å²) in [7, 11) is 0. The van der Waals surface area contributed by atoms with Crippen LogP contribution < -0.4 is 10.1 Å². The van der Waals surface area contributed by atoms with Gasteiger partial charge in [0.05, 0.1) is 11.6 Å². The van der Waals surface area contributed by atoms with Crippen molar-refractivity contribution >= 4 is 23.2 Å². The summed E-state index contributed by atoms with van der Waals surface area (Å²) in [5.74, 6) is -0.0855. The predicted molar refractivity (Wildman–Crippen MR) is 62.4 cm³/mol. The lowest BCUT2D eigenvalue weighted by Gasteiger charge is -1.96. The van der Waals surface area contributed by atoms with E-state index >= 15 is 0 Å². The van der Waals surface area contributed by atoms with E-state index in [4.69, 9.17) is 4.74 Å². The maximum atomic E-state index is 11.7. The number of aromatic nitrogens is 4. The molecule has 2 N–H and O–H groups in total. The molecule has 0 bridgehead atoms. The minimum Gasteiger partial charge on any atom is -0.463 e. The number of carbonyl (C=O) groups excluding carboxylic acids is 1. The summed E-state index contributed by atoms with van der Waals surface area (Å²) in [5, 5.41) is 11.4. The Hall–Kier alpha value is -1.96. The molecule has 2 rings (SSSR count). The first-order chi connectivity index (χ1) is 8.19. The molecule has 0 aliphatic carbocycles. The van der Waals surface area contributed by atoms with Crippen molar-refractivity contribution in [2.75, 3.05) is 11.9 Å². The Labute approximate surface area is 101 Å². The number of nitrogens with zero attached hydrogens (tertiary/aromatic N) is 3. The fourth-order valence-electron chi connectivity index (χ4n) is 1.14. The molecule has 0 saturated carbocycles. The zero-order valence-corrected chi connectivity index (χ0v) is 10.2. The van der Waals surface area contributed by atoms with Crippen LogP contribution in [0, 0.1) is 6.92 Å². The molecule has 0 aliphatic rings. The van der Waals surface area contributed by atoms with Gasteiger partial charge in [0.1, 0.15) is 5.69 Å². The van der Waals surface area contributed by atoms with Gasteiger partial charge in [0.15, 0.2) is 0 Å². The molecule has 90 valence electrons. The first kappa shape index (κ1) is 11.5. The molecule has 0 aliphatic heterocycles. The first-order valence-electron chi connectivity index (χ1n) is 4.97. The second-order valence-electron chi connectivity index (χ2n) is 3.11. The summed E-state index contributed by atoms with van der Waals surface area (Å²) in [6, 6.07) is 0.206. The van der Waals surface area contributed by atoms with E-state index in [1.165, 1.54) is 11.3 Å². The lowest BCUT2D eigenvalue weighted by molar-refractivity contribution is 0.102. The van der Waals surface area contributed by atoms with Gasteiger partial charge < -0.3 is 4.74 Å². The van der Waals surface area contributed by atoms with Gasteiger partial charge in [-0.3, -0.25) is 10.1 Å². The predicted octanol–water partition coefficient (Wildman–Crippen LogP) is 1.22. The highest BCUT2D eigenvalue weighted by Gasteiger charge is 2.12. The third kappa shape index (κ3) is 2.78. The molecule has 2 aromatic rings. The number of hydrogen-bond acceptors (Lipinski definition) is 6. The zero-order chi connectivity index (χ0) is 12.3. The van der Waals surface area contributed by atoms with Crippen LogP contribution in [-0.4, -0.2) is 32.7 Å². The number of hydrogen-bond donors (Lipinski definition) is 2. The van der Waals surface area contributed by atoms with E-state index in [0.29, 0.717) is 12.3 Å². The molecule has 0 spiro atoms. The van der Waals surface area contributed by atoms with Crippen molar-refractivity contribution in [1.82, 2.24) is 20.2 Å². The molecule has 0 radical (unpaired) electrons. The molecular formula is C9H11N5O2S. The van der Waals surface area contributed by atoms with Crippen molar-refractivity contribution in [1.29, 1.82) is 0 Å². The van der Waals surface area contributed by atoms with Crippen LogP contribution in [0.3, 0.4) is 0 Å². The molecular weight excluding hydrogens is 242 g/mol. The van der Waals surface area contributed by atoms with Gasteiger partial charge in [-0.1, -0.05) is 0 Å². The average Bonchev–Trinajstić information content (AvgIpc) is 2.88. The van der Waals surface area contributed by atoms with Crippen molar-refractivity contribution in [2.45, 2.75) is 13.8 Å². The molecule has 0 aromatic carbocycles. The van der Waals surface area contributed by atoms with Gasteiger partial charge >= 0.3 is 6.01 Å². The van der Waals surface area contributed by atoms with Crippen LogP contribution in [0.5, 0.6) is 6.01 Å². The van der Waals surface area contributed by atoms with E-state index in [9.17, 15) is 4.79 Å². The van der Waals surface area contributed by atoms with Crippen LogP contribution in [0.1, 0.15) is 22.4 Å². The van der Waals surface area contributed by atoms with E-state index in [1.807, 2.05) is 13.8 Å². The number of aryl methyl sites for hydroxylation is 1. The van der Waals surface area contributed by atoms with Crippen LogP contribution in [0.2, 0.25) is 0 Å². The summed E-state index contributed by atoms with van der Waals surface area (Å²) in [4.78, 5) is 19.7. The lowest BCUT2D eigenvalue weighted by Crippen LogP contribution is -2.13. The fourth-order valence-corrected chi connectivity index (χ4v) is 1.73. The van der Waals surface area contributed by atoms with Gasteiger partial charge in [0, 0.05) is 5.38 Å². The normalized spacial score (nSPS) is 10.2. The van der Waals surface area contributed by atoms with Gasteiger partial charge in [-0.25, -0.2) is 10.1 Å². The quantitative estimate of drug-likeness (QED) is 0.854. The summed E-state index contributed by atoms with van der Waals surface area (Å²) < 4.78 is 5.06. The van der Waals surface area contributed by atoms with Crippen molar-refractivity contribution in [2.24, 2.45) is 0 Å². The second kappa shape index (κ2) is 4.91. The average molecular weight is 253 g/mol. The molecule has 0 unspecified atom stereocenters. The fraction of sp³-hybridized carbons (Fsp3) is 0.333. The zero-order valence-electron chi connectivity index (χ0n) is 9.35. The number of amides is 1. The minimum absolute atomic E-state index is 0.206. The Morgan fingerprint density at radius 2 is 2.41 bits per heavy atom. The maximum Gasteiger partial charge on any atom is 0.337 e. The van der Waals surface area contributed by atoms with E-state index < -0.39 is 0 Å². The Balaban J connectivity index is 2.02. The lowest BCUT2D eigenvalue weighted by atomic mass is 10.4. The van der Waals surface area contributed by atoms with E-state index in [2.05, 4.69) is 25.5 Å². The Kier molecular flexibility index (Phi) is 3.33. The molecule has 2 aromatic heterocycles. The van der Waals surface area contributed by atoms with Crippen molar-refractivity contribution in [3.05, 3.63) is 16.1 Å². The smallest absolute Gasteiger partial charge is 0.337 e. The SMILES string of the molecule is CCOc1n[nH]c(NC(=O)c2csc(C)n2)n1. The molecule has 0 fully saturated rings. The molecule has 2 heterocycles. The van der Waals surface area contributed by atoms with Crippen LogP contribution >= 0.6 is 11.3 Å². The number of aromatic amines is 1. The second-order valence-corrected chi connectivity index (χ2v) is 4.17. The molecule has 8 heteroatoms. The summed E-state index contributed by atoms with van der Waals surface area (Å²) in [6.45, 7) is 4.13. The van der Waals surface area contributed by atoms with Crippen LogP contribution in [0.15, 0.2) is 5.38 Å². The highest BCUT2D eigenvalue weighted by molar-refractivity contribution is 7.09. The molecule has 7 nitrogen and oxygen atoms in total. The van der Waals surface area contributed by atoms with Crippen molar-refractivity contribution < 1.29 is 9.53 Å². The summed E-state index contributed by atoms with van der Waals surface area (Å²) in [5.41, 5.74) is 0.363. The largest absolute Gasteiger partial charge is 0.463 e. The van der Waals surface area contributed by atoms with Gasteiger partial charge in [-0.15, -0.1) is 16.4 Å². The topological polar surface area (TPSA) is 92.8 Å². The number of ether oxygens (including phenoxy) is 1. The van der Waals surface area contributed by atoms with Gasteiger partial charge in [-0.05, 0) is 13.8 Å². The Bertz CT molecular complexity index is 521. The monoisotopic (exact) mass is 253 g/mol. The van der Waals surface area contributed by atoms with Crippen molar-refractivity contribution in [3.8, 4) is 6.01 Å². The number of anilines is 1. The highest BCUT2D eigenvalue weighted by atomic mass is 32.1. The maximum absolute atomic E-state index is 11.7. The third-order valence-electron chi connectivity index (χ3n) is 1.82. The standard InChI is InChI=1S/C9H11N5O2S/c1-3-16-9-12-8(13-14-9)11-7(15)6-4-17-5(2)10-6/h4H,3H2,1-2H3,(H2,11,12,13,14,15). The number of rotatable bonds is 4. The molecule has 0 saturated heterocycles. The van der Waals surface area contributed by atoms with E-state index in [0.717, 1.165) is 5.01 Å². The summed E-state index contributed by atoms with van der Waals surface area (Å²) in [6.07, 6.45) is 0. The number of thiazole rings is 1. The molecule has 0 atom stereocenters. The Morgan fingerprint density at radius 3 is 3.06 bits per heavy atom. The van der Waals surface area contributed by atoms with Crippen LogP contribution in [0.4, 0.5) is 5.95 Å². The van der Waals surface area contributed by atoms with E-state index in [1.54, 1.807) is 5.38 Å². The van der Waals surface area contributed by atoms with Crippen LogP contribution in [-0.2, 0) is 0 Å². The minimum atomic E-state index is -0.325. The van der Waals surface area contributed by atoms with Gasteiger partial charge in [0.25, 0.3) is 5.91 Å². The van der Waals surface area contributed by atoms with E-state index in [-0.39, 0.29) is 17.9 Å². The van der Waals surface area contributed by atoms with Crippen molar-refractivity contribution in [3.63, 3.8) is 0 Å². The molecule has 17 heavy (non-hydrogen) atoms. The Morgan fingerprint density at radius 1 is 1.59 bits per heavy atom. The number of H-pyrrole nitrogens is 1. The molecule has 1 amide bonds. The van der Waals surface area contributed by atoms with Gasteiger partial charge in [0.2, 0.25) is 5.95 Å². The number of nitrogens with one attached hydrogen (secondary N) is 2.